The largest absolute Gasteiger partial charge is 0.358 e. The van der Waals surface area contributed by atoms with Crippen molar-refractivity contribution in [1.82, 2.24) is 15.1 Å². The minimum atomic E-state index is 0.638. The van der Waals surface area contributed by atoms with Crippen LogP contribution >= 0.6 is 12.2 Å². The molecule has 0 amide bonds. The van der Waals surface area contributed by atoms with E-state index in [4.69, 9.17) is 12.2 Å². The van der Waals surface area contributed by atoms with Crippen LogP contribution in [0, 0.1) is 6.92 Å². The summed E-state index contributed by atoms with van der Waals surface area (Å²) in [6.45, 7) is 7.88. The second-order valence-electron chi connectivity index (χ2n) is 4.89. The van der Waals surface area contributed by atoms with Crippen molar-refractivity contribution in [2.75, 3.05) is 5.32 Å². The third-order valence-corrected chi connectivity index (χ3v) is 3.84. The lowest BCUT2D eigenvalue weighted by Gasteiger charge is -2.13. The van der Waals surface area contributed by atoms with Crippen LogP contribution in [0.5, 0.6) is 0 Å². The molecule has 0 aliphatic rings. The van der Waals surface area contributed by atoms with Crippen LogP contribution in [0.1, 0.15) is 30.7 Å². The molecule has 2 aromatic rings. The van der Waals surface area contributed by atoms with E-state index in [1.165, 1.54) is 16.8 Å². The van der Waals surface area contributed by atoms with Crippen LogP contribution in [0.25, 0.3) is 0 Å². The van der Waals surface area contributed by atoms with Gasteiger partial charge < -0.3 is 10.6 Å². The second-order valence-corrected chi connectivity index (χ2v) is 5.30. The van der Waals surface area contributed by atoms with Crippen molar-refractivity contribution in [3.8, 4) is 0 Å². The summed E-state index contributed by atoms with van der Waals surface area (Å²) in [5.41, 5.74) is 4.68. The monoisotopic (exact) mass is 302 g/mol. The molecule has 0 saturated carbocycles. The fraction of sp³-hybridized carbons (Fsp3) is 0.375. The summed E-state index contributed by atoms with van der Waals surface area (Å²) in [6.07, 6.45) is 2.88. The van der Waals surface area contributed by atoms with E-state index in [2.05, 4.69) is 42.6 Å². The fourth-order valence-corrected chi connectivity index (χ4v) is 2.45. The normalized spacial score (nSPS) is 10.4. The Morgan fingerprint density at radius 2 is 2.00 bits per heavy atom. The van der Waals surface area contributed by atoms with Gasteiger partial charge in [0.05, 0.1) is 6.20 Å². The first-order valence-electron chi connectivity index (χ1n) is 7.29. The third kappa shape index (κ3) is 3.82. The van der Waals surface area contributed by atoms with Gasteiger partial charge in [0.2, 0.25) is 0 Å². The highest BCUT2D eigenvalue weighted by Crippen LogP contribution is 2.15. The van der Waals surface area contributed by atoms with Crippen LogP contribution in [0.3, 0.4) is 0 Å². The molecule has 21 heavy (non-hydrogen) atoms. The summed E-state index contributed by atoms with van der Waals surface area (Å²) in [4.78, 5) is 0. The number of benzene rings is 1. The third-order valence-electron chi connectivity index (χ3n) is 3.59. The first-order valence-corrected chi connectivity index (χ1v) is 7.70. The van der Waals surface area contributed by atoms with Gasteiger partial charge in [0.1, 0.15) is 0 Å². The van der Waals surface area contributed by atoms with Gasteiger partial charge in [0.25, 0.3) is 0 Å². The molecule has 1 aromatic carbocycles. The minimum Gasteiger partial charge on any atom is -0.358 e. The molecule has 4 nitrogen and oxygen atoms in total. The Morgan fingerprint density at radius 1 is 1.24 bits per heavy atom. The molecule has 1 heterocycles. The number of rotatable bonds is 5. The average Bonchev–Trinajstić information content (AvgIpc) is 2.86. The summed E-state index contributed by atoms with van der Waals surface area (Å²) in [6, 6.07) is 8.22. The van der Waals surface area contributed by atoms with Gasteiger partial charge in [0, 0.05) is 30.0 Å². The predicted molar refractivity (Wildman–Crippen MR) is 91.5 cm³/mol. The standard InChI is InChI=1S/C16H22N4S/c1-4-13-8-6-7-9-15(13)19-16(21)17-10-14-11-18-20(5-2)12(14)3/h6-9,11H,4-5,10H2,1-3H3,(H2,17,19,21). The number of aryl methyl sites for hydroxylation is 2. The van der Waals surface area contributed by atoms with Gasteiger partial charge >= 0.3 is 0 Å². The molecule has 0 unspecified atom stereocenters. The van der Waals surface area contributed by atoms with Gasteiger partial charge in [-0.1, -0.05) is 25.1 Å². The molecular weight excluding hydrogens is 280 g/mol. The van der Waals surface area contributed by atoms with E-state index in [0.717, 1.165) is 18.7 Å². The number of para-hydroxylation sites is 1. The molecule has 2 rings (SSSR count). The van der Waals surface area contributed by atoms with Crippen molar-refractivity contribution in [3.63, 3.8) is 0 Å². The van der Waals surface area contributed by atoms with E-state index in [0.29, 0.717) is 11.7 Å². The first kappa shape index (κ1) is 15.5. The van der Waals surface area contributed by atoms with E-state index in [1.54, 1.807) is 0 Å². The lowest BCUT2D eigenvalue weighted by molar-refractivity contribution is 0.638. The van der Waals surface area contributed by atoms with Gasteiger partial charge in [-0.15, -0.1) is 0 Å². The number of aromatic nitrogens is 2. The van der Waals surface area contributed by atoms with E-state index in [9.17, 15) is 0 Å². The number of hydrogen-bond donors (Lipinski definition) is 2. The summed E-state index contributed by atoms with van der Waals surface area (Å²) < 4.78 is 1.99. The highest BCUT2D eigenvalue weighted by atomic mass is 32.1. The zero-order valence-electron chi connectivity index (χ0n) is 12.8. The van der Waals surface area contributed by atoms with Gasteiger partial charge in [-0.05, 0) is 44.1 Å². The quantitative estimate of drug-likeness (QED) is 0.832. The highest BCUT2D eigenvalue weighted by molar-refractivity contribution is 7.80. The maximum atomic E-state index is 5.37. The lowest BCUT2D eigenvalue weighted by Crippen LogP contribution is -2.28. The van der Waals surface area contributed by atoms with Crippen LogP contribution in [0.15, 0.2) is 30.5 Å². The molecule has 0 saturated heterocycles. The SMILES string of the molecule is CCc1ccccc1NC(=S)NCc1cnn(CC)c1C. The van der Waals surface area contributed by atoms with E-state index < -0.39 is 0 Å². The number of nitrogens with zero attached hydrogens (tertiary/aromatic N) is 2. The van der Waals surface area contributed by atoms with Crippen molar-refractivity contribution in [2.45, 2.75) is 40.3 Å². The molecule has 0 aliphatic carbocycles. The Kier molecular flexibility index (Phi) is 5.33. The molecule has 112 valence electrons. The second kappa shape index (κ2) is 7.22. The van der Waals surface area contributed by atoms with Crippen molar-refractivity contribution in [3.05, 3.63) is 47.3 Å². The number of hydrogen-bond acceptors (Lipinski definition) is 2. The number of anilines is 1. The molecule has 1 aromatic heterocycles. The average molecular weight is 302 g/mol. The van der Waals surface area contributed by atoms with Crippen molar-refractivity contribution in [2.24, 2.45) is 0 Å². The predicted octanol–water partition coefficient (Wildman–Crippen LogP) is 3.26. The van der Waals surface area contributed by atoms with Gasteiger partial charge in [0.15, 0.2) is 5.11 Å². The van der Waals surface area contributed by atoms with Gasteiger partial charge in [-0.3, -0.25) is 4.68 Å². The number of nitrogens with one attached hydrogen (secondary N) is 2. The van der Waals surface area contributed by atoms with Gasteiger partial charge in [-0.25, -0.2) is 0 Å². The Labute approximate surface area is 131 Å². The molecule has 0 fully saturated rings. The Morgan fingerprint density at radius 3 is 2.67 bits per heavy atom. The smallest absolute Gasteiger partial charge is 0.171 e. The van der Waals surface area contributed by atoms with Crippen molar-refractivity contribution in [1.29, 1.82) is 0 Å². The molecule has 0 spiro atoms. The van der Waals surface area contributed by atoms with E-state index in [1.807, 2.05) is 29.1 Å². The van der Waals surface area contributed by atoms with Crippen LogP contribution in [-0.4, -0.2) is 14.9 Å². The Bertz CT molecular complexity index is 618. The Hall–Kier alpha value is -1.88. The zero-order chi connectivity index (χ0) is 15.2. The summed E-state index contributed by atoms with van der Waals surface area (Å²) >= 11 is 5.37. The first-order chi connectivity index (χ1) is 10.2. The Balaban J connectivity index is 1.94. The van der Waals surface area contributed by atoms with Crippen LogP contribution in [0.4, 0.5) is 5.69 Å². The van der Waals surface area contributed by atoms with Gasteiger partial charge in [-0.2, -0.15) is 5.10 Å². The lowest BCUT2D eigenvalue weighted by atomic mass is 10.1. The molecule has 2 N–H and O–H groups in total. The summed E-state index contributed by atoms with van der Waals surface area (Å²) in [5, 5.41) is 11.5. The van der Waals surface area contributed by atoms with Crippen LogP contribution in [-0.2, 0) is 19.5 Å². The maximum absolute atomic E-state index is 5.37. The maximum Gasteiger partial charge on any atom is 0.171 e. The zero-order valence-corrected chi connectivity index (χ0v) is 13.6. The summed E-state index contributed by atoms with van der Waals surface area (Å²) in [7, 11) is 0. The number of thiocarbonyl (C=S) groups is 1. The topological polar surface area (TPSA) is 41.9 Å². The molecule has 0 bridgehead atoms. The molecular formula is C16H22N4S. The van der Waals surface area contributed by atoms with E-state index >= 15 is 0 Å². The van der Waals surface area contributed by atoms with Crippen molar-refractivity contribution < 1.29 is 0 Å². The highest BCUT2D eigenvalue weighted by Gasteiger charge is 2.06. The van der Waals surface area contributed by atoms with Crippen LogP contribution < -0.4 is 10.6 Å². The minimum absolute atomic E-state index is 0.638. The van der Waals surface area contributed by atoms with E-state index in [-0.39, 0.29) is 0 Å². The molecule has 5 heteroatoms. The fourth-order valence-electron chi connectivity index (χ4n) is 2.27. The van der Waals surface area contributed by atoms with Crippen LogP contribution in [0.2, 0.25) is 0 Å². The molecule has 0 aliphatic heterocycles. The molecule has 0 radical (unpaired) electrons. The molecule has 0 atom stereocenters. The van der Waals surface area contributed by atoms with Crippen molar-refractivity contribution >= 4 is 23.0 Å². The summed E-state index contributed by atoms with van der Waals surface area (Å²) in [5.74, 6) is 0.